The number of nitrogens with one attached hydrogen (secondary N) is 2. The number of carbonyl (C=O) groups is 3. The van der Waals surface area contributed by atoms with Crippen LogP contribution < -0.4 is 15.5 Å². The molecule has 0 radical (unpaired) electrons. The number of benzene rings is 1. The molecule has 1 saturated carbocycles. The van der Waals surface area contributed by atoms with Gasteiger partial charge in [0.2, 0.25) is 18.0 Å². The molecule has 1 aliphatic heterocycles. The summed E-state index contributed by atoms with van der Waals surface area (Å²) < 4.78 is 0. The van der Waals surface area contributed by atoms with Crippen molar-refractivity contribution in [2.45, 2.75) is 57.7 Å². The van der Waals surface area contributed by atoms with Gasteiger partial charge in [-0.2, -0.15) is 0 Å². The minimum atomic E-state index is -1.02. The molecule has 0 saturated heterocycles. The van der Waals surface area contributed by atoms with Crippen molar-refractivity contribution < 1.29 is 14.4 Å². The molecule has 1 aliphatic carbocycles. The molecule has 2 aromatic rings. The summed E-state index contributed by atoms with van der Waals surface area (Å²) in [6, 6.07) is 10.8. The Morgan fingerprint density at radius 3 is 2.64 bits per heavy atom. The maximum atomic E-state index is 13.2. The lowest BCUT2D eigenvalue weighted by Crippen LogP contribution is -2.52. The van der Waals surface area contributed by atoms with Crippen molar-refractivity contribution in [3.8, 4) is 0 Å². The Labute approximate surface area is 198 Å². The first-order chi connectivity index (χ1) is 15.9. The number of rotatable bonds is 6. The van der Waals surface area contributed by atoms with E-state index in [1.165, 1.54) is 17.8 Å². The van der Waals surface area contributed by atoms with E-state index in [0.717, 1.165) is 47.5 Å². The van der Waals surface area contributed by atoms with Crippen LogP contribution in [0.3, 0.4) is 0 Å². The van der Waals surface area contributed by atoms with Crippen molar-refractivity contribution in [2.75, 3.05) is 11.9 Å². The summed E-state index contributed by atoms with van der Waals surface area (Å²) in [4.78, 5) is 45.8. The van der Waals surface area contributed by atoms with E-state index in [0.29, 0.717) is 0 Å². The second-order valence-corrected chi connectivity index (χ2v) is 9.75. The Morgan fingerprint density at radius 2 is 1.91 bits per heavy atom. The highest BCUT2D eigenvalue weighted by molar-refractivity contribution is 7.10. The van der Waals surface area contributed by atoms with Gasteiger partial charge in [0, 0.05) is 23.4 Å². The van der Waals surface area contributed by atoms with Crippen molar-refractivity contribution in [2.24, 2.45) is 10.9 Å². The number of amides is 3. The molecule has 4 rings (SSSR count). The van der Waals surface area contributed by atoms with E-state index in [9.17, 15) is 14.4 Å². The number of para-hydroxylation sites is 1. The lowest BCUT2D eigenvalue weighted by Gasteiger charge is -2.25. The van der Waals surface area contributed by atoms with Crippen LogP contribution >= 0.6 is 11.3 Å². The van der Waals surface area contributed by atoms with Crippen LogP contribution in [-0.4, -0.2) is 42.7 Å². The first kappa shape index (κ1) is 23.2. The zero-order chi connectivity index (χ0) is 23.4. The largest absolute Gasteiger partial charge is 0.344 e. The number of likely N-dealkylation sites (N-methyl/N-ethyl adjacent to an activating group) is 1. The molecule has 8 heteroatoms. The van der Waals surface area contributed by atoms with Crippen LogP contribution in [0.2, 0.25) is 0 Å². The highest BCUT2D eigenvalue weighted by atomic mass is 32.1. The van der Waals surface area contributed by atoms with Gasteiger partial charge in [-0.15, -0.1) is 11.3 Å². The Balaban J connectivity index is 1.52. The molecule has 0 bridgehead atoms. The van der Waals surface area contributed by atoms with Gasteiger partial charge in [0.1, 0.15) is 6.04 Å². The molecule has 1 aromatic heterocycles. The van der Waals surface area contributed by atoms with E-state index in [-0.39, 0.29) is 24.2 Å². The summed E-state index contributed by atoms with van der Waals surface area (Å²) in [5.41, 5.74) is 2.65. The van der Waals surface area contributed by atoms with Gasteiger partial charge in [-0.25, -0.2) is 0 Å². The molecule has 2 N–H and O–H groups in total. The first-order valence-electron chi connectivity index (χ1n) is 11.5. The van der Waals surface area contributed by atoms with Crippen molar-refractivity contribution in [3.05, 3.63) is 52.2 Å². The molecule has 7 nitrogen and oxygen atoms in total. The van der Waals surface area contributed by atoms with Gasteiger partial charge in [-0.1, -0.05) is 43.5 Å². The molecular weight excluding hydrogens is 436 g/mol. The Morgan fingerprint density at radius 1 is 1.15 bits per heavy atom. The summed E-state index contributed by atoms with van der Waals surface area (Å²) in [6.45, 7) is 1.62. The van der Waals surface area contributed by atoms with E-state index in [4.69, 9.17) is 4.99 Å². The molecule has 1 fully saturated rings. The summed E-state index contributed by atoms with van der Waals surface area (Å²) in [7, 11) is 1.71. The number of thiophene rings is 1. The van der Waals surface area contributed by atoms with E-state index in [1.54, 1.807) is 18.9 Å². The normalized spacial score (nSPS) is 19.8. The monoisotopic (exact) mass is 466 g/mol. The standard InChI is InChI=1S/C25H30N4O3S/c1-16(26-21(30)15-18-11-8-14-33-18)24(31)28-23-25(32)29(2)20-13-7-6-12-19(20)22(27-23)17-9-4-3-5-10-17/h6-8,11-14,16-17,23H,3-5,9-10,15H2,1-2H3,(H,26,30)(H,28,31)/t16-,23?/m0/s1. The number of benzodiazepines with no additional fused rings is 1. The molecule has 2 atom stereocenters. The van der Waals surface area contributed by atoms with Gasteiger partial charge in [-0.3, -0.25) is 19.4 Å². The predicted molar refractivity (Wildman–Crippen MR) is 131 cm³/mol. The zero-order valence-electron chi connectivity index (χ0n) is 19.0. The Hall–Kier alpha value is -3.00. The van der Waals surface area contributed by atoms with Crippen LogP contribution in [0.5, 0.6) is 0 Å². The van der Waals surface area contributed by atoms with Gasteiger partial charge < -0.3 is 15.5 Å². The number of hydrogen-bond donors (Lipinski definition) is 2. The van der Waals surface area contributed by atoms with Crippen LogP contribution in [0.1, 0.15) is 49.5 Å². The van der Waals surface area contributed by atoms with Crippen molar-refractivity contribution in [3.63, 3.8) is 0 Å². The third kappa shape index (κ3) is 5.33. The molecular formula is C25H30N4O3S. The van der Waals surface area contributed by atoms with Gasteiger partial charge in [0.25, 0.3) is 5.91 Å². The fraction of sp³-hybridized carbons (Fsp3) is 0.440. The van der Waals surface area contributed by atoms with Gasteiger partial charge in [-0.05, 0) is 37.3 Å². The van der Waals surface area contributed by atoms with E-state index in [1.807, 2.05) is 41.8 Å². The Kier molecular flexibility index (Phi) is 7.23. The quantitative estimate of drug-likeness (QED) is 0.685. The van der Waals surface area contributed by atoms with E-state index < -0.39 is 18.1 Å². The number of anilines is 1. The van der Waals surface area contributed by atoms with E-state index >= 15 is 0 Å². The van der Waals surface area contributed by atoms with Crippen LogP contribution in [0.15, 0.2) is 46.8 Å². The lowest BCUT2D eigenvalue weighted by atomic mass is 9.83. The van der Waals surface area contributed by atoms with Crippen LogP contribution in [0, 0.1) is 5.92 Å². The summed E-state index contributed by atoms with van der Waals surface area (Å²) >= 11 is 1.50. The molecule has 3 amide bonds. The summed E-state index contributed by atoms with van der Waals surface area (Å²) in [5, 5.41) is 7.41. The Bertz CT molecular complexity index is 1040. The minimum absolute atomic E-state index is 0.222. The smallest absolute Gasteiger partial charge is 0.272 e. The summed E-state index contributed by atoms with van der Waals surface area (Å²) in [5.74, 6) is -0.692. The number of nitrogens with zero attached hydrogens (tertiary/aromatic N) is 2. The van der Waals surface area contributed by atoms with E-state index in [2.05, 4.69) is 10.6 Å². The summed E-state index contributed by atoms with van der Waals surface area (Å²) in [6.07, 6.45) is 4.75. The van der Waals surface area contributed by atoms with Crippen molar-refractivity contribution >= 4 is 40.5 Å². The number of carbonyl (C=O) groups excluding carboxylic acids is 3. The number of fused-ring (bicyclic) bond motifs is 1. The first-order valence-corrected chi connectivity index (χ1v) is 12.4. The highest BCUT2D eigenvalue weighted by Crippen LogP contribution is 2.33. The van der Waals surface area contributed by atoms with Crippen molar-refractivity contribution in [1.82, 2.24) is 10.6 Å². The molecule has 174 valence electrons. The minimum Gasteiger partial charge on any atom is -0.344 e. The molecule has 33 heavy (non-hydrogen) atoms. The highest BCUT2D eigenvalue weighted by Gasteiger charge is 2.34. The fourth-order valence-corrected chi connectivity index (χ4v) is 5.24. The molecule has 2 heterocycles. The molecule has 1 unspecified atom stereocenters. The third-order valence-electron chi connectivity index (χ3n) is 6.33. The van der Waals surface area contributed by atoms with Gasteiger partial charge >= 0.3 is 0 Å². The predicted octanol–water partition coefficient (Wildman–Crippen LogP) is 3.28. The average Bonchev–Trinajstić information content (AvgIpc) is 3.30. The molecule has 1 aromatic carbocycles. The second kappa shape index (κ2) is 10.3. The maximum absolute atomic E-state index is 13.2. The molecule has 2 aliphatic rings. The maximum Gasteiger partial charge on any atom is 0.272 e. The SMILES string of the molecule is C[C@H](NC(=O)Cc1cccs1)C(=O)NC1N=C(C2CCCCC2)c2ccccc2N(C)C1=O. The van der Waals surface area contributed by atoms with Crippen LogP contribution in [0.4, 0.5) is 5.69 Å². The fourth-order valence-electron chi connectivity index (χ4n) is 4.53. The average molecular weight is 467 g/mol. The lowest BCUT2D eigenvalue weighted by molar-refractivity contribution is -0.130. The number of hydrogen-bond acceptors (Lipinski definition) is 5. The number of aliphatic imine (C=N–C) groups is 1. The van der Waals surface area contributed by atoms with Crippen LogP contribution in [-0.2, 0) is 20.8 Å². The third-order valence-corrected chi connectivity index (χ3v) is 7.21. The molecule has 0 spiro atoms. The van der Waals surface area contributed by atoms with Crippen molar-refractivity contribution in [1.29, 1.82) is 0 Å². The zero-order valence-corrected chi connectivity index (χ0v) is 19.9. The van der Waals surface area contributed by atoms with Crippen LogP contribution in [0.25, 0.3) is 0 Å². The second-order valence-electron chi connectivity index (χ2n) is 8.72. The topological polar surface area (TPSA) is 90.9 Å². The van der Waals surface area contributed by atoms with Gasteiger partial charge in [0.15, 0.2) is 0 Å². The van der Waals surface area contributed by atoms with Gasteiger partial charge in [0.05, 0.1) is 17.8 Å².